The van der Waals surface area contributed by atoms with Crippen molar-refractivity contribution in [3.63, 3.8) is 0 Å². The summed E-state index contributed by atoms with van der Waals surface area (Å²) < 4.78 is 11.7. The van der Waals surface area contributed by atoms with Gasteiger partial charge >= 0.3 is 0 Å². The molecular formula is C17H26N2O2. The fourth-order valence-electron chi connectivity index (χ4n) is 3.89. The predicted octanol–water partition coefficient (Wildman–Crippen LogP) is 2.13. The van der Waals surface area contributed by atoms with E-state index in [1.165, 1.54) is 11.1 Å². The molecule has 2 unspecified atom stereocenters. The number of rotatable bonds is 6. The van der Waals surface area contributed by atoms with E-state index in [9.17, 15) is 0 Å². The van der Waals surface area contributed by atoms with Crippen LogP contribution in [-0.2, 0) is 15.9 Å². The van der Waals surface area contributed by atoms with Crippen molar-refractivity contribution in [2.75, 3.05) is 19.8 Å². The minimum atomic E-state index is -0.174. The second kappa shape index (κ2) is 6.44. The third-order valence-electron chi connectivity index (χ3n) is 5.09. The molecule has 0 radical (unpaired) electrons. The lowest BCUT2D eigenvalue weighted by atomic mass is 9.71. The second-order valence-corrected chi connectivity index (χ2v) is 6.16. The van der Waals surface area contributed by atoms with E-state index in [2.05, 4.69) is 36.6 Å². The summed E-state index contributed by atoms with van der Waals surface area (Å²) in [6, 6.07) is 8.90. The molecule has 0 spiro atoms. The van der Waals surface area contributed by atoms with Gasteiger partial charge in [-0.15, -0.1) is 0 Å². The Bertz CT molecular complexity index is 466. The molecular weight excluding hydrogens is 264 g/mol. The van der Waals surface area contributed by atoms with Gasteiger partial charge in [-0.05, 0) is 36.8 Å². The number of hydrogen-bond acceptors (Lipinski definition) is 4. The van der Waals surface area contributed by atoms with Crippen LogP contribution in [-0.4, -0.2) is 31.5 Å². The minimum Gasteiger partial charge on any atom is -0.381 e. The van der Waals surface area contributed by atoms with E-state index in [0.717, 1.165) is 45.5 Å². The van der Waals surface area contributed by atoms with Crippen molar-refractivity contribution in [1.82, 2.24) is 5.43 Å². The lowest BCUT2D eigenvalue weighted by Gasteiger charge is -2.45. The maximum Gasteiger partial charge on any atom is 0.0891 e. The molecule has 1 aromatic rings. The average Bonchev–Trinajstić information content (AvgIpc) is 2.50. The van der Waals surface area contributed by atoms with Gasteiger partial charge in [-0.25, -0.2) is 0 Å². The molecule has 1 aliphatic carbocycles. The lowest BCUT2D eigenvalue weighted by molar-refractivity contribution is -0.129. The Hall–Kier alpha value is -0.940. The molecule has 1 saturated heterocycles. The van der Waals surface area contributed by atoms with E-state index in [4.69, 9.17) is 15.3 Å². The van der Waals surface area contributed by atoms with Crippen LogP contribution in [0.4, 0.5) is 0 Å². The van der Waals surface area contributed by atoms with Crippen LogP contribution in [0, 0.1) is 0 Å². The Morgan fingerprint density at radius 2 is 2.14 bits per heavy atom. The summed E-state index contributed by atoms with van der Waals surface area (Å²) in [7, 11) is 0. The SMILES string of the molecule is CCOC1(C(CC2Cc3ccccc32)NN)CCOCC1. The van der Waals surface area contributed by atoms with Crippen LogP contribution in [0.5, 0.6) is 0 Å². The molecule has 21 heavy (non-hydrogen) atoms. The Morgan fingerprint density at radius 3 is 2.81 bits per heavy atom. The van der Waals surface area contributed by atoms with Crippen molar-refractivity contribution in [3.05, 3.63) is 35.4 Å². The highest BCUT2D eigenvalue weighted by molar-refractivity contribution is 5.40. The Labute approximate surface area is 127 Å². The normalized spacial score (nSPS) is 25.0. The standard InChI is InChI=1S/C17H26N2O2/c1-2-21-17(7-9-20-10-8-17)16(19-18)12-14-11-13-5-3-4-6-15(13)14/h3-6,14,16,19H,2,7-12,18H2,1H3. The smallest absolute Gasteiger partial charge is 0.0891 e. The maximum absolute atomic E-state index is 6.16. The number of hydrazine groups is 1. The van der Waals surface area contributed by atoms with Gasteiger partial charge in [0.25, 0.3) is 0 Å². The van der Waals surface area contributed by atoms with Crippen molar-refractivity contribution in [1.29, 1.82) is 0 Å². The first-order valence-electron chi connectivity index (χ1n) is 8.04. The van der Waals surface area contributed by atoms with E-state index in [0.29, 0.717) is 5.92 Å². The summed E-state index contributed by atoms with van der Waals surface area (Å²) in [4.78, 5) is 0. The molecule has 0 bridgehead atoms. The maximum atomic E-state index is 6.16. The molecule has 4 heteroatoms. The van der Waals surface area contributed by atoms with Crippen LogP contribution in [0.3, 0.4) is 0 Å². The minimum absolute atomic E-state index is 0.174. The van der Waals surface area contributed by atoms with Crippen molar-refractivity contribution < 1.29 is 9.47 Å². The van der Waals surface area contributed by atoms with Crippen LogP contribution < -0.4 is 11.3 Å². The molecule has 116 valence electrons. The Morgan fingerprint density at radius 1 is 1.38 bits per heavy atom. The average molecular weight is 290 g/mol. The molecule has 3 rings (SSSR count). The molecule has 0 amide bonds. The molecule has 1 aliphatic heterocycles. The van der Waals surface area contributed by atoms with E-state index < -0.39 is 0 Å². The Kier molecular flexibility index (Phi) is 4.60. The third kappa shape index (κ3) is 2.86. The van der Waals surface area contributed by atoms with Crippen molar-refractivity contribution in [2.45, 2.75) is 50.2 Å². The molecule has 0 saturated carbocycles. The van der Waals surface area contributed by atoms with Crippen molar-refractivity contribution in [3.8, 4) is 0 Å². The number of fused-ring (bicyclic) bond motifs is 1. The highest BCUT2D eigenvalue weighted by Crippen LogP contribution is 2.41. The number of ether oxygens (including phenoxy) is 2. The first-order valence-corrected chi connectivity index (χ1v) is 8.04. The second-order valence-electron chi connectivity index (χ2n) is 6.16. The molecule has 1 fully saturated rings. The summed E-state index contributed by atoms with van der Waals surface area (Å²) in [5.41, 5.74) is 5.84. The van der Waals surface area contributed by atoms with E-state index in [-0.39, 0.29) is 11.6 Å². The van der Waals surface area contributed by atoms with Gasteiger partial charge in [0.05, 0.1) is 11.6 Å². The summed E-state index contributed by atoms with van der Waals surface area (Å²) >= 11 is 0. The van der Waals surface area contributed by atoms with Crippen LogP contribution >= 0.6 is 0 Å². The highest BCUT2D eigenvalue weighted by Gasteiger charge is 2.43. The van der Waals surface area contributed by atoms with E-state index in [1.807, 2.05) is 0 Å². The van der Waals surface area contributed by atoms with Gasteiger partial charge in [0, 0.05) is 32.7 Å². The van der Waals surface area contributed by atoms with Crippen LogP contribution in [0.25, 0.3) is 0 Å². The van der Waals surface area contributed by atoms with E-state index in [1.54, 1.807) is 0 Å². The van der Waals surface area contributed by atoms with Gasteiger partial charge in [-0.1, -0.05) is 24.3 Å². The van der Waals surface area contributed by atoms with Crippen LogP contribution in [0.15, 0.2) is 24.3 Å². The van der Waals surface area contributed by atoms with Gasteiger partial charge in [0.1, 0.15) is 0 Å². The number of nitrogens with one attached hydrogen (secondary N) is 1. The van der Waals surface area contributed by atoms with Gasteiger partial charge in [-0.3, -0.25) is 11.3 Å². The van der Waals surface area contributed by atoms with Crippen LogP contribution in [0.1, 0.15) is 43.2 Å². The molecule has 2 atom stereocenters. The zero-order valence-electron chi connectivity index (χ0n) is 12.8. The predicted molar refractivity (Wildman–Crippen MR) is 83.0 cm³/mol. The number of hydrogen-bond donors (Lipinski definition) is 2. The quantitative estimate of drug-likeness (QED) is 0.622. The highest BCUT2D eigenvalue weighted by atomic mass is 16.5. The number of nitrogens with two attached hydrogens (primary N) is 1. The summed E-state index contributed by atoms with van der Waals surface area (Å²) in [5.74, 6) is 6.49. The monoisotopic (exact) mass is 290 g/mol. The number of benzene rings is 1. The van der Waals surface area contributed by atoms with E-state index >= 15 is 0 Å². The fraction of sp³-hybridized carbons (Fsp3) is 0.647. The summed E-state index contributed by atoms with van der Waals surface area (Å²) in [6.45, 7) is 4.31. The molecule has 1 aromatic carbocycles. The lowest BCUT2D eigenvalue weighted by Crippen LogP contribution is -2.58. The van der Waals surface area contributed by atoms with Gasteiger partial charge in [-0.2, -0.15) is 0 Å². The van der Waals surface area contributed by atoms with Gasteiger partial charge < -0.3 is 9.47 Å². The summed E-state index contributed by atoms with van der Waals surface area (Å²) in [6.07, 6.45) is 4.04. The zero-order chi connectivity index (χ0) is 14.7. The van der Waals surface area contributed by atoms with Crippen LogP contribution in [0.2, 0.25) is 0 Å². The Balaban J connectivity index is 1.72. The molecule has 0 aromatic heterocycles. The molecule has 3 N–H and O–H groups in total. The summed E-state index contributed by atoms with van der Waals surface area (Å²) in [5, 5.41) is 0. The third-order valence-corrected chi connectivity index (χ3v) is 5.09. The topological polar surface area (TPSA) is 56.5 Å². The van der Waals surface area contributed by atoms with Crippen molar-refractivity contribution in [2.24, 2.45) is 5.84 Å². The molecule has 2 aliphatic rings. The first kappa shape index (κ1) is 15.0. The van der Waals surface area contributed by atoms with Gasteiger partial charge in [0.2, 0.25) is 0 Å². The molecule has 1 heterocycles. The molecule has 4 nitrogen and oxygen atoms in total. The zero-order valence-corrected chi connectivity index (χ0v) is 12.8. The first-order chi connectivity index (χ1) is 10.3. The van der Waals surface area contributed by atoms with Crippen molar-refractivity contribution >= 4 is 0 Å². The fourth-order valence-corrected chi connectivity index (χ4v) is 3.89. The van der Waals surface area contributed by atoms with Gasteiger partial charge in [0.15, 0.2) is 0 Å². The largest absolute Gasteiger partial charge is 0.381 e.